The van der Waals surface area contributed by atoms with Gasteiger partial charge in [-0.25, -0.2) is 14.2 Å². The van der Waals surface area contributed by atoms with E-state index in [0.717, 1.165) is 88.4 Å². The number of carbonyl (C=O) groups is 4. The van der Waals surface area contributed by atoms with Gasteiger partial charge in [0.2, 0.25) is 5.36 Å². The molecule has 3 aliphatic heterocycles. The minimum absolute atomic E-state index is 0.0131. The summed E-state index contributed by atoms with van der Waals surface area (Å²) < 4.78 is 2.41. The molecule has 1 aliphatic carbocycles. The van der Waals surface area contributed by atoms with Crippen LogP contribution in [0.25, 0.3) is 11.1 Å². The Morgan fingerprint density at radius 3 is 2.31 bits per heavy atom. The molecule has 0 atom stereocenters. The predicted octanol–water partition coefficient (Wildman–Crippen LogP) is 6.81. The first-order valence-electron chi connectivity index (χ1n) is 18.7. The van der Waals surface area contributed by atoms with E-state index in [-0.39, 0.29) is 35.4 Å². The molecule has 9 nitrogen and oxygen atoms in total. The highest BCUT2D eigenvalue weighted by atomic mass is 35.5. The zero-order valence-electron chi connectivity index (χ0n) is 31.7. The number of hydroxylamine groups is 2. The first-order valence-corrected chi connectivity index (χ1v) is 19.5. The van der Waals surface area contributed by atoms with Gasteiger partial charge in [-0.1, -0.05) is 43.1 Å². The highest BCUT2D eigenvalue weighted by Gasteiger charge is 2.40. The van der Waals surface area contributed by atoms with Gasteiger partial charge in [-0.3, -0.25) is 9.59 Å². The maximum atomic E-state index is 12.9. The summed E-state index contributed by atoms with van der Waals surface area (Å²) in [4.78, 5) is 56.2. The standard InChI is InChI=1S/C43H45Cl2N3O6/c1-24-23-42(2,3)46(6)34-22-30-28(20-26(24)34)38(39-31(44)13-14-32(45)40(39)41(52)53)27-19-25-11-10-18-47(33(25)21-29(27)43(30,4)5)17-9-7-8-12-37(51)54-48-35(49)15-16-36(48)50/h13-14,19-23H,7-12,15-18H2,1-6H3/p+1. The average Bonchev–Trinajstić information content (AvgIpc) is 3.42. The molecule has 282 valence electrons. The van der Waals surface area contributed by atoms with Gasteiger partial charge >= 0.3 is 11.9 Å². The number of likely N-dealkylation sites (N-methyl/N-ethyl adjacent to an activating group) is 1. The van der Waals surface area contributed by atoms with Crippen LogP contribution in [-0.4, -0.2) is 59.6 Å². The van der Waals surface area contributed by atoms with Crippen LogP contribution in [-0.2, 0) is 31.1 Å². The number of aryl methyl sites for hydroxylation is 1. The van der Waals surface area contributed by atoms with Gasteiger partial charge in [-0.05, 0) is 103 Å². The number of allylic oxidation sites excluding steroid dienone is 1. The Morgan fingerprint density at radius 2 is 1.61 bits per heavy atom. The fourth-order valence-corrected chi connectivity index (χ4v) is 9.19. The molecule has 0 bridgehead atoms. The van der Waals surface area contributed by atoms with Crippen LogP contribution in [0.4, 0.5) is 5.69 Å². The Kier molecular flexibility index (Phi) is 9.80. The third-order valence-corrected chi connectivity index (χ3v) is 12.4. The number of hydrogen-bond acceptors (Lipinski definition) is 6. The molecule has 0 unspecified atom stereocenters. The van der Waals surface area contributed by atoms with Crippen molar-refractivity contribution in [3.8, 4) is 0 Å². The summed E-state index contributed by atoms with van der Waals surface area (Å²) in [5, 5.41) is 13.7. The van der Waals surface area contributed by atoms with Gasteiger partial charge in [-0.2, -0.15) is 0 Å². The third kappa shape index (κ3) is 6.43. The zero-order valence-corrected chi connectivity index (χ0v) is 33.2. The first kappa shape index (κ1) is 37.8. The molecule has 4 aliphatic rings. The van der Waals surface area contributed by atoms with Crippen LogP contribution in [0.2, 0.25) is 10.0 Å². The van der Waals surface area contributed by atoms with Crippen molar-refractivity contribution in [2.75, 3.05) is 25.0 Å². The van der Waals surface area contributed by atoms with E-state index in [1.165, 1.54) is 5.56 Å². The highest BCUT2D eigenvalue weighted by molar-refractivity contribution is 6.37. The maximum Gasteiger partial charge on any atom is 0.337 e. The number of amides is 2. The summed E-state index contributed by atoms with van der Waals surface area (Å²) in [7, 11) is 2.12. The number of aromatic carboxylic acids is 1. The topological polar surface area (TPSA) is 107 Å². The lowest BCUT2D eigenvalue weighted by Crippen LogP contribution is -2.44. The summed E-state index contributed by atoms with van der Waals surface area (Å²) in [6, 6.07) is 12.3. The molecule has 2 amide bonds. The van der Waals surface area contributed by atoms with Crippen LogP contribution in [0, 0.1) is 0 Å². The normalized spacial score (nSPS) is 18.2. The van der Waals surface area contributed by atoms with Gasteiger partial charge in [0.05, 0.1) is 16.1 Å². The molecular weight excluding hydrogens is 725 g/mol. The second kappa shape index (κ2) is 14.0. The van der Waals surface area contributed by atoms with Crippen molar-refractivity contribution in [3.05, 3.63) is 102 Å². The number of imide groups is 1. The van der Waals surface area contributed by atoms with Crippen molar-refractivity contribution in [2.45, 2.75) is 96.9 Å². The number of carboxylic acid groups (broad SMARTS) is 1. The van der Waals surface area contributed by atoms with E-state index in [1.54, 1.807) is 12.1 Å². The molecule has 11 heteroatoms. The maximum absolute atomic E-state index is 12.9. The van der Waals surface area contributed by atoms with Crippen molar-refractivity contribution in [3.63, 3.8) is 0 Å². The van der Waals surface area contributed by atoms with Gasteiger partial charge in [0, 0.05) is 78.0 Å². The summed E-state index contributed by atoms with van der Waals surface area (Å²) >= 11 is 13.7. The van der Waals surface area contributed by atoms with Crippen LogP contribution in [0.15, 0.2) is 42.5 Å². The number of unbranched alkanes of at least 4 members (excludes halogenated alkanes) is 2. The Labute approximate surface area is 325 Å². The summed E-state index contributed by atoms with van der Waals surface area (Å²) in [6.45, 7) is 12.7. The van der Waals surface area contributed by atoms with E-state index in [1.807, 2.05) is 0 Å². The van der Waals surface area contributed by atoms with Crippen molar-refractivity contribution in [2.24, 2.45) is 0 Å². The van der Waals surface area contributed by atoms with Crippen LogP contribution < -0.4 is 20.1 Å². The van der Waals surface area contributed by atoms with E-state index in [4.69, 9.17) is 28.0 Å². The van der Waals surface area contributed by atoms with E-state index >= 15 is 0 Å². The van der Waals surface area contributed by atoms with Crippen molar-refractivity contribution in [1.82, 2.24) is 9.64 Å². The summed E-state index contributed by atoms with van der Waals surface area (Å²) in [5.41, 5.74) is 8.19. The summed E-state index contributed by atoms with van der Waals surface area (Å²) in [6.07, 6.45) is 6.58. The van der Waals surface area contributed by atoms with Crippen molar-refractivity contribution < 1.29 is 29.1 Å². The number of carbonyl (C=O) groups excluding carboxylic acids is 3. The van der Waals surface area contributed by atoms with Crippen molar-refractivity contribution in [1.29, 1.82) is 0 Å². The van der Waals surface area contributed by atoms with Gasteiger partial charge < -0.3 is 14.8 Å². The minimum Gasteiger partial charge on any atom is -0.478 e. The number of benzene rings is 3. The number of halogens is 2. The van der Waals surface area contributed by atoms with Crippen LogP contribution >= 0.6 is 23.2 Å². The zero-order chi connectivity index (χ0) is 38.9. The van der Waals surface area contributed by atoms with E-state index < -0.39 is 29.2 Å². The molecule has 1 N–H and O–H groups in total. The van der Waals surface area contributed by atoms with Gasteiger partial charge in [0.25, 0.3) is 11.8 Å². The molecule has 0 radical (unpaired) electrons. The molecular formula is C43H46Cl2N3O6+. The molecule has 1 saturated heterocycles. The van der Waals surface area contributed by atoms with Crippen molar-refractivity contribution >= 4 is 63.8 Å². The number of fused-ring (bicyclic) bond motifs is 4. The fraction of sp³-hybridized carbons (Fsp3) is 0.419. The highest BCUT2D eigenvalue weighted by Crippen LogP contribution is 2.48. The predicted molar refractivity (Wildman–Crippen MR) is 210 cm³/mol. The van der Waals surface area contributed by atoms with Crippen LogP contribution in [0.3, 0.4) is 0 Å². The molecule has 3 heterocycles. The molecule has 54 heavy (non-hydrogen) atoms. The number of carboxylic acids is 1. The Balaban J connectivity index is 1.33. The summed E-state index contributed by atoms with van der Waals surface area (Å²) in [5.74, 6) is -2.66. The molecule has 3 aromatic rings. The molecule has 0 saturated carbocycles. The van der Waals surface area contributed by atoms with E-state index in [0.29, 0.717) is 22.1 Å². The van der Waals surface area contributed by atoms with E-state index in [9.17, 15) is 24.3 Å². The number of nitrogens with zero attached hydrogens (tertiary/aromatic N) is 3. The number of hydrogen-bond donors (Lipinski definition) is 1. The van der Waals surface area contributed by atoms with Crippen LogP contribution in [0.1, 0.15) is 123 Å². The Bertz CT molecular complexity index is 2310. The molecule has 0 spiro atoms. The number of rotatable bonds is 9. The lowest BCUT2D eigenvalue weighted by atomic mass is 9.67. The third-order valence-electron chi connectivity index (χ3n) is 11.8. The number of anilines is 1. The molecule has 1 fully saturated rings. The monoisotopic (exact) mass is 770 g/mol. The van der Waals surface area contributed by atoms with Gasteiger partial charge in [-0.15, -0.1) is 5.06 Å². The first-order chi connectivity index (χ1) is 25.5. The fourth-order valence-electron chi connectivity index (χ4n) is 8.70. The lowest BCUT2D eigenvalue weighted by molar-refractivity contribution is -0.197. The lowest BCUT2D eigenvalue weighted by Gasteiger charge is -2.43. The smallest absolute Gasteiger partial charge is 0.337 e. The minimum atomic E-state index is -1.14. The molecule has 3 aromatic carbocycles. The van der Waals surface area contributed by atoms with Gasteiger partial charge in [0.1, 0.15) is 13.1 Å². The second-order valence-corrected chi connectivity index (χ2v) is 16.8. The van der Waals surface area contributed by atoms with Gasteiger partial charge in [0.15, 0.2) is 0 Å². The largest absolute Gasteiger partial charge is 0.478 e. The Hall–Kier alpha value is -4.47. The Morgan fingerprint density at radius 1 is 0.907 bits per heavy atom. The quantitative estimate of drug-likeness (QED) is 0.145. The van der Waals surface area contributed by atoms with E-state index in [2.05, 4.69) is 81.5 Å². The van der Waals surface area contributed by atoms with Crippen LogP contribution in [0.5, 0.6) is 0 Å². The molecule has 7 rings (SSSR count). The second-order valence-electron chi connectivity index (χ2n) is 16.0. The SMILES string of the molecule is CC1=CC(C)(C)N(C)c2cc3c(cc21)C(c1c(Cl)ccc(Cl)c1C(=O)O)=c1cc2c(cc1C3(C)C)=[N+](CCCCCC(=O)ON1C(=O)CCC1=O)CCC2. The average molecular weight is 772 g/mol. The molecule has 0 aromatic heterocycles.